The molecule has 0 radical (unpaired) electrons. The van der Waals surface area contributed by atoms with Crippen LogP contribution in [0, 0.1) is 5.92 Å². The molecule has 25 nitrogen and oxygen atoms in total. The van der Waals surface area contributed by atoms with Crippen LogP contribution in [-0.4, -0.2) is 178 Å². The Kier molecular flexibility index (Phi) is 22.9. The number of halogens is 1. The zero-order valence-corrected chi connectivity index (χ0v) is 46.3. The van der Waals surface area contributed by atoms with Crippen LogP contribution in [0.25, 0.3) is 0 Å². The number of fused-ring (bicyclic) bond motifs is 5. The number of nitrogens with zero attached hydrogens (tertiary/aromatic N) is 3. The van der Waals surface area contributed by atoms with Crippen LogP contribution >= 0.6 is 11.6 Å². The molecule has 1 unspecified atom stereocenters. The van der Waals surface area contributed by atoms with Crippen molar-refractivity contribution in [1.29, 1.82) is 0 Å². The lowest BCUT2D eigenvalue weighted by atomic mass is 9.83. The number of carbonyl (C=O) groups excluding carboxylic acids is 7. The summed E-state index contributed by atoms with van der Waals surface area (Å²) in [5.41, 5.74) is 8.09. The van der Waals surface area contributed by atoms with Crippen molar-refractivity contribution in [2.45, 2.75) is 127 Å². The number of ether oxygens (including phenoxy) is 7. The number of furan rings is 1. The fraction of sp³-hybridized carbons (Fsp3) is 0.596. The van der Waals surface area contributed by atoms with Gasteiger partial charge in [-0.2, -0.15) is 0 Å². The molecular weight excluding hydrogens is 1040 g/mol. The molecule has 5 rings (SSSR count). The SMILES string of the molecule is CNN(C)Cc1cocc1COC(=O)N[C@@H](CCC(N)=O)C(=O)NCCOCCOCCC(=O)N(C)[C@@H](C)C(=O)O[C@H]1CC(=O)N(C)c2cc(cc(OC)c2Cl)C/C(C)=C/C=C/[C@@H](O)[C@@]2(O)C[C@H](OC(=O)N2)[C@@H](C)C2O[C@]21C. The average molecular weight is 1120 g/mol. The van der Waals surface area contributed by atoms with Crippen molar-refractivity contribution in [2.75, 3.05) is 73.2 Å². The summed E-state index contributed by atoms with van der Waals surface area (Å²) in [6.45, 7) is 7.27. The number of hydrogen-bond acceptors (Lipinski definition) is 19. The van der Waals surface area contributed by atoms with Crippen LogP contribution in [0.1, 0.15) is 76.5 Å². The van der Waals surface area contributed by atoms with Crippen LogP contribution in [0.2, 0.25) is 5.02 Å². The Morgan fingerprint density at radius 2 is 1.77 bits per heavy atom. The highest BCUT2D eigenvalue weighted by Gasteiger charge is 2.64. The molecule has 0 aliphatic carbocycles. The van der Waals surface area contributed by atoms with Gasteiger partial charge in [0.25, 0.3) is 0 Å². The number of likely N-dealkylation sites (N-methyl/N-ethyl adjacent to an activating group) is 1. The van der Waals surface area contributed by atoms with Crippen molar-refractivity contribution in [3.8, 4) is 5.75 Å². The number of methoxy groups -OCH3 is 1. The number of epoxide rings is 1. The molecule has 3 aliphatic rings. The van der Waals surface area contributed by atoms with Gasteiger partial charge in [0.15, 0.2) is 5.72 Å². The first-order chi connectivity index (χ1) is 36.9. The molecule has 2 saturated heterocycles. The molecule has 0 saturated carbocycles. The number of benzene rings is 1. The largest absolute Gasteiger partial charge is 0.495 e. The number of allylic oxidation sites excluding steroid dienone is 3. The average Bonchev–Trinajstić information content (AvgIpc) is 4.01. The van der Waals surface area contributed by atoms with Gasteiger partial charge in [-0.1, -0.05) is 42.3 Å². The van der Waals surface area contributed by atoms with Crippen LogP contribution in [0.3, 0.4) is 0 Å². The Bertz CT molecular complexity index is 2510. The van der Waals surface area contributed by atoms with Crippen molar-refractivity contribution >= 4 is 59.1 Å². The van der Waals surface area contributed by atoms with Gasteiger partial charge >= 0.3 is 18.2 Å². The predicted molar refractivity (Wildman–Crippen MR) is 280 cm³/mol. The number of anilines is 1. The zero-order chi connectivity index (χ0) is 57.5. The fourth-order valence-corrected chi connectivity index (χ4v) is 9.13. The van der Waals surface area contributed by atoms with Crippen molar-refractivity contribution in [1.82, 2.24) is 31.3 Å². The van der Waals surface area contributed by atoms with Crippen LogP contribution in [0.5, 0.6) is 5.75 Å². The number of primary amides is 1. The van der Waals surface area contributed by atoms with Gasteiger partial charge < -0.3 is 74.0 Å². The monoisotopic (exact) mass is 1120 g/mol. The van der Waals surface area contributed by atoms with E-state index in [0.29, 0.717) is 30.0 Å². The molecule has 4 heterocycles. The summed E-state index contributed by atoms with van der Waals surface area (Å²) in [6, 6.07) is 1.19. The molecule has 6 amide bonds. The molecule has 9 atom stereocenters. The molecule has 2 fully saturated rings. The number of esters is 1. The zero-order valence-electron chi connectivity index (χ0n) is 45.6. The third-order valence-electron chi connectivity index (χ3n) is 13.9. The van der Waals surface area contributed by atoms with Crippen molar-refractivity contribution in [3.05, 3.63) is 70.2 Å². The Balaban J connectivity index is 1.13. The van der Waals surface area contributed by atoms with E-state index >= 15 is 0 Å². The lowest BCUT2D eigenvalue weighted by molar-refractivity contribution is -0.162. The number of aliphatic hydroxyl groups excluding tert-OH is 1. The third kappa shape index (κ3) is 17.1. The Labute approximate surface area is 458 Å². The van der Waals surface area contributed by atoms with Crippen LogP contribution in [0.4, 0.5) is 15.3 Å². The number of carbonyl (C=O) groups is 7. The molecule has 26 heteroatoms. The van der Waals surface area contributed by atoms with E-state index in [0.717, 1.165) is 16.7 Å². The number of hydrogen-bond donors (Lipinski definition) is 7. The van der Waals surface area contributed by atoms with E-state index in [2.05, 4.69) is 21.4 Å². The van der Waals surface area contributed by atoms with Crippen LogP contribution < -0.4 is 36.7 Å². The van der Waals surface area contributed by atoms with E-state index in [9.17, 15) is 43.8 Å². The Morgan fingerprint density at radius 1 is 1.06 bits per heavy atom. The van der Waals surface area contributed by atoms with Gasteiger partial charge in [-0.05, 0) is 58.4 Å². The van der Waals surface area contributed by atoms with E-state index < -0.39 is 102 Å². The topological polar surface area (TPSA) is 325 Å². The van der Waals surface area contributed by atoms with E-state index in [1.54, 1.807) is 50.2 Å². The second-order valence-electron chi connectivity index (χ2n) is 19.7. The maximum atomic E-state index is 14.3. The minimum absolute atomic E-state index is 0.0354. The molecule has 432 valence electrons. The van der Waals surface area contributed by atoms with Gasteiger partial charge in [0.1, 0.15) is 53.4 Å². The van der Waals surface area contributed by atoms with E-state index in [-0.39, 0.29) is 70.3 Å². The van der Waals surface area contributed by atoms with Gasteiger partial charge in [-0.15, -0.1) is 0 Å². The normalized spacial score (nSPS) is 25.2. The fourth-order valence-electron chi connectivity index (χ4n) is 8.82. The number of rotatable bonds is 23. The first-order valence-corrected chi connectivity index (χ1v) is 25.9. The van der Waals surface area contributed by atoms with Crippen molar-refractivity contribution in [3.63, 3.8) is 0 Å². The Hall–Kier alpha value is -6.32. The molecule has 2 aromatic rings. The lowest BCUT2D eigenvalue weighted by Gasteiger charge is -2.41. The summed E-state index contributed by atoms with van der Waals surface area (Å²) in [5.74, 6) is -3.42. The maximum absolute atomic E-state index is 14.3. The molecule has 1 aromatic heterocycles. The van der Waals surface area contributed by atoms with Gasteiger partial charge in [0.2, 0.25) is 23.6 Å². The molecule has 3 aliphatic heterocycles. The summed E-state index contributed by atoms with van der Waals surface area (Å²) in [6.07, 6.45) is 0.560. The number of amides is 6. The number of hydrazine groups is 1. The highest BCUT2D eigenvalue weighted by Crippen LogP contribution is 2.49. The number of nitrogens with one attached hydrogen (secondary N) is 4. The molecule has 0 spiro atoms. The third-order valence-corrected chi connectivity index (χ3v) is 14.3. The highest BCUT2D eigenvalue weighted by atomic mass is 35.5. The number of alkyl carbamates (subject to hydrolysis) is 2. The van der Waals surface area contributed by atoms with E-state index in [1.807, 2.05) is 14.0 Å². The second-order valence-corrected chi connectivity index (χ2v) is 20.1. The standard InChI is InChI=1S/C52H75ClN8O17/c1-30-11-10-12-40(62)52(70)25-39(76-50(69)58-52)31(2)46-51(4,78-46)41(24-44(65)61(8)37-22-33(21-30)23-38(71-9)45(37)53)77-48(67)32(3)60(7)43(64)15-17-72-19-20-73-18-16-56-47(66)36(13-14-42(54)63)57-49(68)75-29-35-28-74-27-34(35)26-59(6)55-5/h10-12,22-23,27-28,31-32,36,39-41,46,55,62,70H,13-21,24-26,29H2,1-9H3,(H2,54,63)(H,56,66)(H,57,68)(H,58,69)/b12-10+,30-11+/t31-,32+,36+,39+,40-,41+,46?,51+,52+/m1/s1. The van der Waals surface area contributed by atoms with Crippen molar-refractivity contribution < 1.29 is 81.4 Å². The maximum Gasteiger partial charge on any atom is 0.409 e. The number of aliphatic hydroxyl groups is 2. The summed E-state index contributed by atoms with van der Waals surface area (Å²) in [7, 11) is 7.97. The van der Waals surface area contributed by atoms with Gasteiger partial charge in [-0.25, -0.2) is 19.4 Å². The highest BCUT2D eigenvalue weighted by molar-refractivity contribution is 6.35. The van der Waals surface area contributed by atoms with Crippen LogP contribution in [-0.2, 0) is 72.0 Å². The molecule has 8 N–H and O–H groups in total. The summed E-state index contributed by atoms with van der Waals surface area (Å²) >= 11 is 6.78. The molecule has 1 aromatic carbocycles. The Morgan fingerprint density at radius 3 is 2.46 bits per heavy atom. The first-order valence-electron chi connectivity index (χ1n) is 25.5. The van der Waals surface area contributed by atoms with E-state index in [4.69, 9.17) is 54.9 Å². The van der Waals surface area contributed by atoms with Crippen molar-refractivity contribution in [2.24, 2.45) is 11.7 Å². The van der Waals surface area contributed by atoms with Crippen LogP contribution in [0.15, 0.2) is 52.9 Å². The summed E-state index contributed by atoms with van der Waals surface area (Å²) in [4.78, 5) is 94.1. The summed E-state index contributed by atoms with van der Waals surface area (Å²) in [5, 5.41) is 32.0. The smallest absolute Gasteiger partial charge is 0.409 e. The minimum Gasteiger partial charge on any atom is -0.495 e. The second kappa shape index (κ2) is 28.5. The lowest BCUT2D eigenvalue weighted by Crippen LogP contribution is -2.63. The number of nitrogens with two attached hydrogens (primary N) is 1. The quantitative estimate of drug-likeness (QED) is 0.0275. The van der Waals surface area contributed by atoms with Gasteiger partial charge in [0.05, 0.1) is 70.7 Å². The molecule has 78 heavy (non-hydrogen) atoms. The van der Waals surface area contributed by atoms with Gasteiger partial charge in [-0.3, -0.25) is 29.9 Å². The molecular formula is C52H75ClN8O17. The molecule has 4 bridgehead atoms. The predicted octanol–water partition coefficient (Wildman–Crippen LogP) is 2.12. The minimum atomic E-state index is -2.12. The van der Waals surface area contributed by atoms with E-state index in [1.165, 1.54) is 56.5 Å². The summed E-state index contributed by atoms with van der Waals surface area (Å²) < 4.78 is 45.2. The first kappa shape index (κ1) is 62.5. The van der Waals surface area contributed by atoms with Gasteiger partial charge in [0, 0.05) is 64.1 Å².